The molecule has 140 valence electrons. The quantitative estimate of drug-likeness (QED) is 0.854. The lowest BCUT2D eigenvalue weighted by molar-refractivity contribution is -0.148. The molecule has 2 amide bonds. The third-order valence-electron chi connectivity index (χ3n) is 5.16. The van der Waals surface area contributed by atoms with Gasteiger partial charge >= 0.3 is 5.97 Å². The lowest BCUT2D eigenvalue weighted by Crippen LogP contribution is -2.49. The lowest BCUT2D eigenvalue weighted by Gasteiger charge is -2.36. The van der Waals surface area contributed by atoms with Gasteiger partial charge in [-0.25, -0.2) is 4.79 Å². The van der Waals surface area contributed by atoms with Crippen molar-refractivity contribution in [2.45, 2.75) is 31.7 Å². The molecule has 2 heterocycles. The first-order valence-corrected chi connectivity index (χ1v) is 9.16. The van der Waals surface area contributed by atoms with Crippen LogP contribution in [0.5, 0.6) is 0 Å². The molecule has 7 nitrogen and oxygen atoms in total. The van der Waals surface area contributed by atoms with Crippen LogP contribution < -0.4 is 4.90 Å². The number of amides is 2. The Bertz CT molecular complexity index is 656. The summed E-state index contributed by atoms with van der Waals surface area (Å²) in [6.45, 7) is 3.31. The van der Waals surface area contributed by atoms with Crippen LogP contribution in [0.4, 0.5) is 5.69 Å². The SMILES string of the molecule is O=C(O)[C@H]1CCCN1C(=O)CCC(=O)N1CCN(c2ccccc2)CC1. The van der Waals surface area contributed by atoms with Crippen molar-refractivity contribution in [1.82, 2.24) is 9.80 Å². The normalized spacial score (nSPS) is 20.3. The smallest absolute Gasteiger partial charge is 0.326 e. The first-order chi connectivity index (χ1) is 12.6. The molecule has 1 N–H and O–H groups in total. The molecule has 0 radical (unpaired) electrons. The van der Waals surface area contributed by atoms with Crippen molar-refractivity contribution in [3.8, 4) is 0 Å². The largest absolute Gasteiger partial charge is 0.480 e. The topological polar surface area (TPSA) is 81.2 Å². The van der Waals surface area contributed by atoms with Crippen LogP contribution in [0.25, 0.3) is 0 Å². The van der Waals surface area contributed by atoms with Gasteiger partial charge in [0.2, 0.25) is 11.8 Å². The second-order valence-corrected chi connectivity index (χ2v) is 6.79. The average molecular weight is 359 g/mol. The van der Waals surface area contributed by atoms with Gasteiger partial charge in [-0.3, -0.25) is 9.59 Å². The molecule has 0 saturated carbocycles. The molecule has 1 aromatic rings. The van der Waals surface area contributed by atoms with E-state index in [9.17, 15) is 14.4 Å². The van der Waals surface area contributed by atoms with E-state index in [1.54, 1.807) is 4.90 Å². The van der Waals surface area contributed by atoms with Gasteiger partial charge < -0.3 is 19.8 Å². The van der Waals surface area contributed by atoms with E-state index in [4.69, 9.17) is 5.11 Å². The van der Waals surface area contributed by atoms with E-state index < -0.39 is 12.0 Å². The van der Waals surface area contributed by atoms with Crippen molar-refractivity contribution in [1.29, 1.82) is 0 Å². The molecular formula is C19H25N3O4. The molecular weight excluding hydrogens is 334 g/mol. The number of carbonyl (C=O) groups excluding carboxylic acids is 2. The van der Waals surface area contributed by atoms with Gasteiger partial charge in [-0.2, -0.15) is 0 Å². The summed E-state index contributed by atoms with van der Waals surface area (Å²) in [5.41, 5.74) is 1.16. The third kappa shape index (κ3) is 4.15. The van der Waals surface area contributed by atoms with Crippen molar-refractivity contribution in [3.63, 3.8) is 0 Å². The Morgan fingerprint density at radius 2 is 1.58 bits per heavy atom. The fourth-order valence-corrected chi connectivity index (χ4v) is 3.69. The highest BCUT2D eigenvalue weighted by molar-refractivity contribution is 5.87. The maximum Gasteiger partial charge on any atom is 0.326 e. The highest BCUT2D eigenvalue weighted by atomic mass is 16.4. The van der Waals surface area contributed by atoms with E-state index >= 15 is 0 Å². The summed E-state index contributed by atoms with van der Waals surface area (Å²) < 4.78 is 0. The Balaban J connectivity index is 1.44. The van der Waals surface area contributed by atoms with Gasteiger partial charge in [0.05, 0.1) is 0 Å². The summed E-state index contributed by atoms with van der Waals surface area (Å²) in [6.07, 6.45) is 1.43. The fraction of sp³-hybridized carbons (Fsp3) is 0.526. The molecule has 0 bridgehead atoms. The van der Waals surface area contributed by atoms with E-state index in [1.165, 1.54) is 4.90 Å². The summed E-state index contributed by atoms with van der Waals surface area (Å²) >= 11 is 0. The van der Waals surface area contributed by atoms with E-state index in [2.05, 4.69) is 17.0 Å². The summed E-state index contributed by atoms with van der Waals surface area (Å²) in [5, 5.41) is 9.16. The molecule has 0 unspecified atom stereocenters. The fourth-order valence-electron chi connectivity index (χ4n) is 3.69. The average Bonchev–Trinajstić information content (AvgIpc) is 3.17. The second kappa shape index (κ2) is 8.21. The number of nitrogens with zero attached hydrogens (tertiary/aromatic N) is 3. The predicted molar refractivity (Wildman–Crippen MR) is 96.8 cm³/mol. The number of carbonyl (C=O) groups is 3. The highest BCUT2D eigenvalue weighted by Crippen LogP contribution is 2.20. The molecule has 1 atom stereocenters. The number of aliphatic carboxylic acids is 1. The molecule has 2 fully saturated rings. The Hall–Kier alpha value is -2.57. The first kappa shape index (κ1) is 18.2. The number of rotatable bonds is 5. The third-order valence-corrected chi connectivity index (χ3v) is 5.16. The Morgan fingerprint density at radius 1 is 0.923 bits per heavy atom. The molecule has 0 aliphatic carbocycles. The zero-order valence-corrected chi connectivity index (χ0v) is 14.8. The summed E-state index contributed by atoms with van der Waals surface area (Å²) in [5.74, 6) is -1.22. The molecule has 0 spiro atoms. The van der Waals surface area contributed by atoms with Crippen LogP contribution in [0.2, 0.25) is 0 Å². The molecule has 26 heavy (non-hydrogen) atoms. The predicted octanol–water partition coefficient (Wildman–Crippen LogP) is 1.19. The van der Waals surface area contributed by atoms with Crippen molar-refractivity contribution < 1.29 is 19.5 Å². The lowest BCUT2D eigenvalue weighted by atomic mass is 10.2. The Kier molecular flexibility index (Phi) is 5.75. The number of carboxylic acid groups (broad SMARTS) is 1. The zero-order valence-electron chi connectivity index (χ0n) is 14.8. The number of anilines is 1. The number of piperazine rings is 1. The second-order valence-electron chi connectivity index (χ2n) is 6.79. The number of para-hydroxylation sites is 1. The maximum atomic E-state index is 12.4. The molecule has 2 saturated heterocycles. The molecule has 1 aromatic carbocycles. The van der Waals surface area contributed by atoms with E-state index in [-0.39, 0.29) is 24.7 Å². The van der Waals surface area contributed by atoms with Crippen molar-refractivity contribution in [2.24, 2.45) is 0 Å². The van der Waals surface area contributed by atoms with Crippen LogP contribution in [0, 0.1) is 0 Å². The summed E-state index contributed by atoms with van der Waals surface area (Å²) in [4.78, 5) is 41.3. The van der Waals surface area contributed by atoms with Crippen LogP contribution >= 0.6 is 0 Å². The first-order valence-electron chi connectivity index (χ1n) is 9.16. The Labute approximate surface area is 153 Å². The molecule has 7 heteroatoms. The van der Waals surface area contributed by atoms with Crippen molar-refractivity contribution in [2.75, 3.05) is 37.6 Å². The number of hydrogen-bond donors (Lipinski definition) is 1. The van der Waals surface area contributed by atoms with Gasteiger partial charge in [-0.15, -0.1) is 0 Å². The zero-order chi connectivity index (χ0) is 18.5. The number of hydrogen-bond acceptors (Lipinski definition) is 4. The number of carboxylic acids is 1. The molecule has 2 aliphatic heterocycles. The summed E-state index contributed by atoms with van der Waals surface area (Å²) in [6, 6.07) is 9.38. The van der Waals surface area contributed by atoms with Gasteiger partial charge in [0, 0.05) is 51.3 Å². The Morgan fingerprint density at radius 3 is 2.23 bits per heavy atom. The van der Waals surface area contributed by atoms with Crippen LogP contribution in [-0.2, 0) is 14.4 Å². The van der Waals surface area contributed by atoms with Gasteiger partial charge in [0.15, 0.2) is 0 Å². The minimum atomic E-state index is -0.959. The monoisotopic (exact) mass is 359 g/mol. The van der Waals surface area contributed by atoms with Gasteiger partial charge in [-0.05, 0) is 25.0 Å². The minimum absolute atomic E-state index is 0.0304. The van der Waals surface area contributed by atoms with E-state index in [0.717, 1.165) is 18.8 Å². The van der Waals surface area contributed by atoms with Crippen LogP contribution in [-0.4, -0.2) is 71.5 Å². The standard InChI is InChI=1S/C19H25N3O4/c23-17(8-9-18(24)22-10-4-7-16(22)19(25)26)21-13-11-20(12-14-21)15-5-2-1-3-6-15/h1-3,5-6,16H,4,7-14H2,(H,25,26)/t16-/m1/s1. The maximum absolute atomic E-state index is 12.4. The van der Waals surface area contributed by atoms with Crippen molar-refractivity contribution in [3.05, 3.63) is 30.3 Å². The van der Waals surface area contributed by atoms with Gasteiger partial charge in [0.1, 0.15) is 6.04 Å². The van der Waals surface area contributed by atoms with Gasteiger partial charge in [0.25, 0.3) is 0 Å². The van der Waals surface area contributed by atoms with E-state index in [1.807, 2.05) is 18.2 Å². The van der Waals surface area contributed by atoms with Gasteiger partial charge in [-0.1, -0.05) is 18.2 Å². The minimum Gasteiger partial charge on any atom is -0.480 e. The highest BCUT2D eigenvalue weighted by Gasteiger charge is 2.34. The number of benzene rings is 1. The summed E-state index contributed by atoms with van der Waals surface area (Å²) in [7, 11) is 0. The van der Waals surface area contributed by atoms with Crippen molar-refractivity contribution >= 4 is 23.5 Å². The molecule has 0 aromatic heterocycles. The van der Waals surface area contributed by atoms with E-state index in [0.29, 0.717) is 32.5 Å². The molecule has 2 aliphatic rings. The van der Waals surface area contributed by atoms with Crippen LogP contribution in [0.15, 0.2) is 30.3 Å². The van der Waals surface area contributed by atoms with Crippen LogP contribution in [0.3, 0.4) is 0 Å². The van der Waals surface area contributed by atoms with Crippen LogP contribution in [0.1, 0.15) is 25.7 Å². The molecule has 3 rings (SSSR count). The number of likely N-dealkylation sites (tertiary alicyclic amines) is 1.